The third-order valence-corrected chi connectivity index (χ3v) is 3.21. The highest BCUT2D eigenvalue weighted by Gasteiger charge is 2.28. The quantitative estimate of drug-likeness (QED) is 0.485. The summed E-state index contributed by atoms with van der Waals surface area (Å²) in [6, 6.07) is 9.36. The molecule has 1 heterocycles. The zero-order valence-corrected chi connectivity index (χ0v) is 13.3. The van der Waals surface area contributed by atoms with Gasteiger partial charge in [0.25, 0.3) is 5.91 Å². The number of rotatable bonds is 7. The molecule has 9 nitrogen and oxygen atoms in total. The van der Waals surface area contributed by atoms with Crippen LogP contribution >= 0.6 is 0 Å². The molecule has 1 aromatic heterocycles. The van der Waals surface area contributed by atoms with Gasteiger partial charge in [-0.15, -0.1) is 0 Å². The van der Waals surface area contributed by atoms with Crippen molar-refractivity contribution in [3.8, 4) is 0 Å². The number of carbonyl (C=O) groups excluding carboxylic acids is 2. The molecule has 0 radical (unpaired) electrons. The molecular formula is C17H14N2O7. The summed E-state index contributed by atoms with van der Waals surface area (Å²) in [6.07, 6.45) is 1.08. The first-order chi connectivity index (χ1) is 12.4. The van der Waals surface area contributed by atoms with E-state index in [-0.39, 0.29) is 17.9 Å². The molecule has 9 heteroatoms. The maximum Gasteiger partial charge on any atom is 0.340 e. The van der Waals surface area contributed by atoms with Crippen LogP contribution in [0.2, 0.25) is 0 Å². The Hall–Kier alpha value is -3.75. The maximum atomic E-state index is 11.9. The Labute approximate surface area is 147 Å². The molecule has 0 spiro atoms. The van der Waals surface area contributed by atoms with Gasteiger partial charge in [-0.2, -0.15) is 0 Å². The zero-order valence-electron chi connectivity index (χ0n) is 13.3. The number of hydrogen-bond donors (Lipinski definition) is 3. The smallest absolute Gasteiger partial charge is 0.340 e. The van der Waals surface area contributed by atoms with Crippen LogP contribution in [0.4, 0.5) is 0 Å². The van der Waals surface area contributed by atoms with Gasteiger partial charge in [0.15, 0.2) is 0 Å². The lowest BCUT2D eigenvalue weighted by Gasteiger charge is -2.09. The Balaban J connectivity index is 1.98. The Bertz CT molecular complexity index is 805. The van der Waals surface area contributed by atoms with Crippen LogP contribution in [-0.4, -0.2) is 45.1 Å². The van der Waals surface area contributed by atoms with Gasteiger partial charge in [0.05, 0.1) is 5.56 Å². The highest BCUT2D eigenvalue weighted by atomic mass is 16.5. The molecule has 1 amide bonds. The minimum Gasteiger partial charge on any atom is -0.479 e. The lowest BCUT2D eigenvalue weighted by atomic mass is 10.2. The van der Waals surface area contributed by atoms with Gasteiger partial charge in [-0.1, -0.05) is 30.3 Å². The fraction of sp³-hybridized carbons (Fsp3) is 0.118. The second-order valence-corrected chi connectivity index (χ2v) is 5.08. The van der Waals surface area contributed by atoms with Crippen molar-refractivity contribution in [2.24, 2.45) is 0 Å². The fourth-order valence-corrected chi connectivity index (χ4v) is 1.89. The van der Waals surface area contributed by atoms with Crippen molar-refractivity contribution in [2.75, 3.05) is 0 Å². The maximum absolute atomic E-state index is 11.9. The van der Waals surface area contributed by atoms with E-state index in [0.29, 0.717) is 0 Å². The molecule has 1 aromatic carbocycles. The van der Waals surface area contributed by atoms with E-state index in [2.05, 4.69) is 4.98 Å². The van der Waals surface area contributed by atoms with E-state index in [4.69, 9.17) is 14.9 Å². The summed E-state index contributed by atoms with van der Waals surface area (Å²) < 4.78 is 5.11. The molecule has 26 heavy (non-hydrogen) atoms. The Morgan fingerprint density at radius 3 is 2.19 bits per heavy atom. The van der Waals surface area contributed by atoms with Gasteiger partial charge in [-0.25, -0.2) is 14.4 Å². The number of nitrogens with one attached hydrogen (secondary N) is 1. The van der Waals surface area contributed by atoms with Crippen molar-refractivity contribution in [3.63, 3.8) is 0 Å². The van der Waals surface area contributed by atoms with Crippen molar-refractivity contribution in [1.82, 2.24) is 10.3 Å². The summed E-state index contributed by atoms with van der Waals surface area (Å²) in [6.45, 7) is 0.0703. The van der Waals surface area contributed by atoms with Crippen LogP contribution in [0.15, 0.2) is 48.7 Å². The molecule has 0 aliphatic heterocycles. The zero-order chi connectivity index (χ0) is 19.1. The van der Waals surface area contributed by atoms with Gasteiger partial charge in [0.1, 0.15) is 12.3 Å². The van der Waals surface area contributed by atoms with Crippen LogP contribution in [0.1, 0.15) is 26.4 Å². The van der Waals surface area contributed by atoms with Gasteiger partial charge in [0.2, 0.25) is 6.04 Å². The number of benzene rings is 1. The van der Waals surface area contributed by atoms with E-state index in [1.165, 1.54) is 6.07 Å². The van der Waals surface area contributed by atoms with Crippen LogP contribution in [0.5, 0.6) is 0 Å². The summed E-state index contributed by atoms with van der Waals surface area (Å²) in [5.41, 5.74) is 0.654. The van der Waals surface area contributed by atoms with Crippen LogP contribution in [0.3, 0.4) is 0 Å². The second-order valence-electron chi connectivity index (χ2n) is 5.08. The van der Waals surface area contributed by atoms with Gasteiger partial charge >= 0.3 is 17.9 Å². The van der Waals surface area contributed by atoms with Gasteiger partial charge in [0, 0.05) is 6.20 Å². The molecule has 0 saturated carbocycles. The first-order valence-corrected chi connectivity index (χ1v) is 7.32. The lowest BCUT2D eigenvalue weighted by Crippen LogP contribution is -2.46. The highest BCUT2D eigenvalue weighted by molar-refractivity contribution is 6.04. The number of nitrogens with zero attached hydrogens (tertiary/aromatic N) is 1. The summed E-state index contributed by atoms with van der Waals surface area (Å²) in [5.74, 6) is -5.08. The number of aliphatic carboxylic acids is 2. The minimum atomic E-state index is -2.10. The number of esters is 1. The number of carbonyl (C=O) groups is 4. The van der Waals surface area contributed by atoms with E-state index >= 15 is 0 Å². The monoisotopic (exact) mass is 358 g/mol. The predicted molar refractivity (Wildman–Crippen MR) is 86.3 cm³/mol. The van der Waals surface area contributed by atoms with Crippen LogP contribution in [0.25, 0.3) is 0 Å². The Morgan fingerprint density at radius 2 is 1.65 bits per heavy atom. The third kappa shape index (κ3) is 4.87. The molecule has 0 bridgehead atoms. The fourth-order valence-electron chi connectivity index (χ4n) is 1.89. The van der Waals surface area contributed by atoms with Crippen molar-refractivity contribution in [1.29, 1.82) is 0 Å². The molecular weight excluding hydrogens is 344 g/mol. The summed E-state index contributed by atoms with van der Waals surface area (Å²) in [7, 11) is 0. The normalized spacial score (nSPS) is 10.2. The molecule has 3 N–H and O–H groups in total. The van der Waals surface area contributed by atoms with Crippen LogP contribution < -0.4 is 5.32 Å². The first kappa shape index (κ1) is 18.6. The molecule has 0 unspecified atom stereocenters. The molecule has 0 aliphatic rings. The molecule has 0 aliphatic carbocycles. The largest absolute Gasteiger partial charge is 0.479 e. The number of amides is 1. The molecule has 2 aromatic rings. The molecule has 134 valence electrons. The summed E-state index contributed by atoms with van der Waals surface area (Å²) in [5, 5.41) is 19.3. The van der Waals surface area contributed by atoms with Gasteiger partial charge < -0.3 is 20.3 Å². The number of carboxylic acids is 2. The van der Waals surface area contributed by atoms with Crippen molar-refractivity contribution in [3.05, 3.63) is 65.5 Å². The number of ether oxygens (including phenoxy) is 1. The number of pyridine rings is 1. The molecule has 0 atom stereocenters. The summed E-state index contributed by atoms with van der Waals surface area (Å²) >= 11 is 0. The number of hydrogen-bond acceptors (Lipinski definition) is 6. The first-order valence-electron chi connectivity index (χ1n) is 7.32. The van der Waals surface area contributed by atoms with E-state index < -0.39 is 29.9 Å². The highest BCUT2D eigenvalue weighted by Crippen LogP contribution is 2.07. The van der Waals surface area contributed by atoms with Gasteiger partial charge in [-0.3, -0.25) is 9.78 Å². The van der Waals surface area contributed by atoms with Crippen LogP contribution in [0, 0.1) is 0 Å². The van der Waals surface area contributed by atoms with E-state index in [9.17, 15) is 19.2 Å². The molecule has 0 fully saturated rings. The van der Waals surface area contributed by atoms with Crippen LogP contribution in [-0.2, 0) is 20.9 Å². The summed E-state index contributed by atoms with van der Waals surface area (Å²) in [4.78, 5) is 49.0. The van der Waals surface area contributed by atoms with Crippen molar-refractivity contribution >= 4 is 23.8 Å². The Kier molecular flexibility index (Phi) is 5.99. The second kappa shape index (κ2) is 8.38. The lowest BCUT2D eigenvalue weighted by molar-refractivity contribution is -0.150. The van der Waals surface area contributed by atoms with Crippen molar-refractivity contribution in [2.45, 2.75) is 12.6 Å². The predicted octanol–water partition coefficient (Wildman–Crippen LogP) is 0.706. The average molecular weight is 358 g/mol. The van der Waals surface area contributed by atoms with E-state index in [0.717, 1.165) is 17.8 Å². The number of aromatic nitrogens is 1. The topological polar surface area (TPSA) is 143 Å². The molecule has 2 rings (SSSR count). The SMILES string of the molecule is O=C(OCc1ccccc1)c1ccc(C(=O)NC(C(=O)O)C(=O)O)nc1. The average Bonchev–Trinajstić information content (AvgIpc) is 2.64. The standard InChI is InChI=1S/C17H14N2O7/c20-14(19-13(15(21)22)16(23)24)12-7-6-11(8-18-12)17(25)26-9-10-4-2-1-3-5-10/h1-8,13H,9H2,(H,19,20)(H,21,22)(H,23,24). The van der Waals surface area contributed by atoms with Crippen molar-refractivity contribution < 1.29 is 34.1 Å². The molecule has 0 saturated heterocycles. The Morgan fingerprint density at radius 1 is 1.00 bits per heavy atom. The third-order valence-electron chi connectivity index (χ3n) is 3.21. The number of carboxylic acid groups (broad SMARTS) is 2. The van der Waals surface area contributed by atoms with Gasteiger partial charge in [-0.05, 0) is 17.7 Å². The van der Waals surface area contributed by atoms with E-state index in [1.54, 1.807) is 24.3 Å². The minimum absolute atomic E-state index is 0.0703. The van der Waals surface area contributed by atoms with E-state index in [1.807, 2.05) is 11.4 Å².